The Hall–Kier alpha value is -1.42. The summed E-state index contributed by atoms with van der Waals surface area (Å²) in [7, 11) is -1.83. The molecule has 1 aliphatic rings. The van der Waals surface area contributed by atoms with E-state index >= 15 is 0 Å². The van der Waals surface area contributed by atoms with Crippen molar-refractivity contribution in [3.8, 4) is 0 Å². The van der Waals surface area contributed by atoms with Crippen LogP contribution in [0.2, 0.25) is 18.1 Å². The molecule has 19 heavy (non-hydrogen) atoms. The minimum absolute atomic E-state index is 0.0809. The van der Waals surface area contributed by atoms with Gasteiger partial charge in [0.25, 0.3) is 0 Å². The zero-order valence-corrected chi connectivity index (χ0v) is 12.3. The van der Waals surface area contributed by atoms with E-state index in [1.54, 1.807) is 0 Å². The molecule has 1 N–H and O–H groups in total. The Morgan fingerprint density at radius 2 is 2.05 bits per heavy atom. The first-order valence-corrected chi connectivity index (χ1v) is 9.52. The van der Waals surface area contributed by atoms with Crippen molar-refractivity contribution < 1.29 is 14.7 Å². The predicted octanol–water partition coefficient (Wildman–Crippen LogP) is 2.43. The molecule has 0 saturated carbocycles. The summed E-state index contributed by atoms with van der Waals surface area (Å²) >= 11 is 0. The van der Waals surface area contributed by atoms with E-state index in [-0.39, 0.29) is 5.78 Å². The maximum Gasteiger partial charge on any atom is 0.313 e. The third-order valence-corrected chi connectivity index (χ3v) is 9.66. The van der Waals surface area contributed by atoms with Crippen molar-refractivity contribution in [2.24, 2.45) is 5.92 Å². The molecule has 1 aliphatic heterocycles. The van der Waals surface area contributed by atoms with Gasteiger partial charge in [-0.2, -0.15) is 0 Å². The van der Waals surface area contributed by atoms with E-state index in [4.69, 9.17) is 0 Å². The van der Waals surface area contributed by atoms with E-state index in [1.807, 2.05) is 18.2 Å². The molecule has 1 aromatic carbocycles. The fraction of sp³-hybridized carbons (Fsp3) is 0.467. The summed E-state index contributed by atoms with van der Waals surface area (Å²) in [5.41, 5.74) is 0. The minimum Gasteiger partial charge on any atom is -0.481 e. The number of carboxylic acids is 1. The fourth-order valence-corrected chi connectivity index (χ4v) is 8.51. The van der Waals surface area contributed by atoms with Gasteiger partial charge in [0, 0.05) is 6.42 Å². The highest BCUT2D eigenvalue weighted by Gasteiger charge is 2.45. The fourth-order valence-electron chi connectivity index (χ4n) is 3.27. The monoisotopic (exact) mass is 276 g/mol. The number of carbonyl (C=O) groups excluding carboxylic acids is 1. The molecule has 0 spiro atoms. The first-order valence-electron chi connectivity index (χ1n) is 6.90. The number of benzene rings is 1. The lowest BCUT2D eigenvalue weighted by Gasteiger charge is -2.37. The maximum atomic E-state index is 11.8. The van der Waals surface area contributed by atoms with Crippen LogP contribution in [0.1, 0.15) is 19.8 Å². The van der Waals surface area contributed by atoms with Crippen LogP contribution in [0, 0.1) is 5.92 Å². The van der Waals surface area contributed by atoms with Gasteiger partial charge in [-0.3, -0.25) is 9.59 Å². The van der Waals surface area contributed by atoms with E-state index < -0.39 is 20.0 Å². The van der Waals surface area contributed by atoms with Crippen LogP contribution < -0.4 is 5.19 Å². The SMILES string of the molecule is CCC[Si]1(c2ccccc2)CCC(=O)C(C(=O)O)C1. The number of carboxylic acid groups (broad SMARTS) is 1. The number of hydrogen-bond acceptors (Lipinski definition) is 2. The molecule has 0 aromatic heterocycles. The van der Waals surface area contributed by atoms with E-state index in [1.165, 1.54) is 5.19 Å². The molecule has 2 atom stereocenters. The summed E-state index contributed by atoms with van der Waals surface area (Å²) in [5, 5.41) is 10.6. The Labute approximate surface area is 114 Å². The van der Waals surface area contributed by atoms with Crippen molar-refractivity contribution in [2.45, 2.75) is 37.9 Å². The number of Topliss-reactive ketones (excluding diaryl/α,β-unsaturated/α-hetero) is 1. The average Bonchev–Trinajstić information content (AvgIpc) is 2.42. The molecule has 2 unspecified atom stereocenters. The zero-order valence-electron chi connectivity index (χ0n) is 11.3. The van der Waals surface area contributed by atoms with Gasteiger partial charge in [0.1, 0.15) is 11.7 Å². The lowest BCUT2D eigenvalue weighted by Crippen LogP contribution is -2.53. The van der Waals surface area contributed by atoms with Gasteiger partial charge in [0.05, 0.1) is 8.07 Å². The van der Waals surface area contributed by atoms with Crippen LogP contribution >= 0.6 is 0 Å². The third-order valence-electron chi connectivity index (χ3n) is 4.25. The van der Waals surface area contributed by atoms with Crippen LogP contribution in [-0.2, 0) is 9.59 Å². The van der Waals surface area contributed by atoms with Crippen molar-refractivity contribution in [1.82, 2.24) is 0 Å². The number of hydrogen-bond donors (Lipinski definition) is 1. The van der Waals surface area contributed by atoms with Gasteiger partial charge in [0.2, 0.25) is 0 Å². The van der Waals surface area contributed by atoms with Crippen molar-refractivity contribution >= 4 is 25.0 Å². The molecule has 0 amide bonds. The van der Waals surface area contributed by atoms with Gasteiger partial charge in [-0.15, -0.1) is 0 Å². The predicted molar refractivity (Wildman–Crippen MR) is 77.3 cm³/mol. The van der Waals surface area contributed by atoms with Crippen LogP contribution in [0.4, 0.5) is 0 Å². The molecule has 2 rings (SSSR count). The molecule has 0 radical (unpaired) electrons. The summed E-state index contributed by atoms with van der Waals surface area (Å²) in [6.07, 6.45) is 1.50. The van der Waals surface area contributed by atoms with Gasteiger partial charge < -0.3 is 5.11 Å². The lowest BCUT2D eigenvalue weighted by atomic mass is 10.0. The summed E-state index contributed by atoms with van der Waals surface area (Å²) < 4.78 is 0. The summed E-state index contributed by atoms with van der Waals surface area (Å²) in [6.45, 7) is 2.14. The summed E-state index contributed by atoms with van der Waals surface area (Å²) in [4.78, 5) is 23.1. The average molecular weight is 276 g/mol. The van der Waals surface area contributed by atoms with Gasteiger partial charge in [-0.05, 0) is 12.1 Å². The number of aliphatic carboxylic acids is 1. The highest BCUT2D eigenvalue weighted by molar-refractivity contribution is 6.92. The smallest absolute Gasteiger partial charge is 0.313 e. The molecule has 1 heterocycles. The van der Waals surface area contributed by atoms with Gasteiger partial charge >= 0.3 is 5.97 Å². The molecule has 0 aliphatic carbocycles. The molecule has 0 bridgehead atoms. The Balaban J connectivity index is 2.35. The second-order valence-corrected chi connectivity index (χ2v) is 10.0. The first kappa shape index (κ1) is 14.0. The van der Waals surface area contributed by atoms with Crippen LogP contribution in [-0.4, -0.2) is 24.9 Å². The van der Waals surface area contributed by atoms with Crippen LogP contribution in [0.5, 0.6) is 0 Å². The van der Waals surface area contributed by atoms with Crippen molar-refractivity contribution in [1.29, 1.82) is 0 Å². The summed E-state index contributed by atoms with van der Waals surface area (Å²) in [5.74, 6) is -1.79. The second-order valence-electron chi connectivity index (χ2n) is 5.46. The van der Waals surface area contributed by atoms with E-state index in [2.05, 4.69) is 19.1 Å². The minimum atomic E-state index is -1.83. The van der Waals surface area contributed by atoms with Crippen molar-refractivity contribution in [2.75, 3.05) is 0 Å². The van der Waals surface area contributed by atoms with E-state index in [9.17, 15) is 14.7 Å². The third kappa shape index (κ3) is 2.78. The van der Waals surface area contributed by atoms with Gasteiger partial charge in [-0.25, -0.2) is 0 Å². The summed E-state index contributed by atoms with van der Waals surface area (Å²) in [6, 6.07) is 12.8. The quantitative estimate of drug-likeness (QED) is 0.679. The van der Waals surface area contributed by atoms with Crippen LogP contribution in [0.25, 0.3) is 0 Å². The highest BCUT2D eigenvalue weighted by atomic mass is 28.3. The number of ketones is 1. The number of rotatable bonds is 4. The second kappa shape index (κ2) is 5.69. The van der Waals surface area contributed by atoms with Gasteiger partial charge in [0.15, 0.2) is 0 Å². The molecule has 102 valence electrons. The Morgan fingerprint density at radius 3 is 2.63 bits per heavy atom. The van der Waals surface area contributed by atoms with Crippen LogP contribution in [0.3, 0.4) is 0 Å². The maximum absolute atomic E-state index is 11.8. The topological polar surface area (TPSA) is 54.4 Å². The van der Waals surface area contributed by atoms with Crippen molar-refractivity contribution in [3.05, 3.63) is 30.3 Å². The van der Waals surface area contributed by atoms with Crippen molar-refractivity contribution in [3.63, 3.8) is 0 Å². The lowest BCUT2D eigenvalue weighted by molar-refractivity contribution is -0.145. The molecule has 3 nitrogen and oxygen atoms in total. The molecular formula is C15H20O3Si. The van der Waals surface area contributed by atoms with E-state index in [0.29, 0.717) is 12.5 Å². The van der Waals surface area contributed by atoms with Crippen LogP contribution in [0.15, 0.2) is 30.3 Å². The Kier molecular flexibility index (Phi) is 4.19. The van der Waals surface area contributed by atoms with E-state index in [0.717, 1.165) is 18.5 Å². The Bertz CT molecular complexity index is 472. The first-order chi connectivity index (χ1) is 9.09. The molecule has 1 aromatic rings. The normalized spacial score (nSPS) is 27.2. The molecule has 1 fully saturated rings. The standard InChI is InChI=1S/C15H20O3Si/c1-2-9-19(12-6-4-3-5-7-12)10-8-14(16)13(11-19)15(17)18/h3-7,13H,2,8-11H2,1H3,(H,17,18). The number of carbonyl (C=O) groups is 2. The molecular weight excluding hydrogens is 256 g/mol. The van der Waals surface area contributed by atoms with Gasteiger partial charge in [-0.1, -0.05) is 54.9 Å². The molecule has 1 saturated heterocycles. The Morgan fingerprint density at radius 1 is 1.37 bits per heavy atom. The highest BCUT2D eigenvalue weighted by Crippen LogP contribution is 2.34. The molecule has 4 heteroatoms. The largest absolute Gasteiger partial charge is 0.481 e. The zero-order chi connectivity index (χ0) is 13.9.